The van der Waals surface area contributed by atoms with Gasteiger partial charge in [0.2, 0.25) is 0 Å². The van der Waals surface area contributed by atoms with Gasteiger partial charge in [0.05, 0.1) is 0 Å². The number of benzene rings is 4. The lowest BCUT2D eigenvalue weighted by Gasteiger charge is -2.26. The largest absolute Gasteiger partial charge is 0.423 e. The molecule has 5 nitrogen and oxygen atoms in total. The first-order chi connectivity index (χ1) is 19.2. The van der Waals surface area contributed by atoms with Crippen molar-refractivity contribution in [3.05, 3.63) is 127 Å². The van der Waals surface area contributed by atoms with Crippen molar-refractivity contribution in [2.45, 2.75) is 33.6 Å². The molecule has 0 fully saturated rings. The van der Waals surface area contributed by atoms with Crippen molar-refractivity contribution in [2.24, 2.45) is 0 Å². The third-order valence-electron chi connectivity index (χ3n) is 6.26. The van der Waals surface area contributed by atoms with Crippen LogP contribution in [0, 0.1) is 0 Å². The van der Waals surface area contributed by atoms with E-state index < -0.39 is 11.9 Å². The van der Waals surface area contributed by atoms with Crippen molar-refractivity contribution < 1.29 is 19.1 Å². The fraction of sp³-hybridized carbons (Fsp3) is 0.143. The SMILES string of the molecule is C=C(C)C(=O)Oc1ccc(-c2ccc(N(c3ccc(CCC)cc3)c3ccc(OC(=O)C(=C)C)cc3)cc2)cc1. The fourth-order valence-electron chi connectivity index (χ4n) is 4.12. The molecule has 0 radical (unpaired) electrons. The van der Waals surface area contributed by atoms with E-state index in [1.807, 2.05) is 24.3 Å². The Labute approximate surface area is 236 Å². The van der Waals surface area contributed by atoms with E-state index in [9.17, 15) is 9.59 Å². The maximum Gasteiger partial charge on any atom is 0.338 e. The number of nitrogens with zero attached hydrogens (tertiary/aromatic N) is 1. The summed E-state index contributed by atoms with van der Waals surface area (Å²) in [6.45, 7) is 12.7. The molecule has 0 saturated heterocycles. The number of carbonyl (C=O) groups is 2. The zero-order valence-electron chi connectivity index (χ0n) is 23.1. The summed E-state index contributed by atoms with van der Waals surface area (Å²) < 4.78 is 10.7. The molecule has 0 aliphatic heterocycles. The summed E-state index contributed by atoms with van der Waals surface area (Å²) in [7, 11) is 0. The van der Waals surface area contributed by atoms with Crippen LogP contribution in [-0.2, 0) is 16.0 Å². The predicted molar refractivity (Wildman–Crippen MR) is 161 cm³/mol. The molecule has 0 amide bonds. The monoisotopic (exact) mass is 531 g/mol. The lowest BCUT2D eigenvalue weighted by molar-refractivity contribution is -0.130. The topological polar surface area (TPSA) is 55.8 Å². The minimum Gasteiger partial charge on any atom is -0.423 e. The maximum absolute atomic E-state index is 11.9. The predicted octanol–water partition coefficient (Wildman–Crippen LogP) is 8.74. The summed E-state index contributed by atoms with van der Waals surface area (Å²) in [6.07, 6.45) is 2.12. The Bertz CT molecular complexity index is 1500. The molecule has 0 aliphatic rings. The van der Waals surface area contributed by atoms with Crippen molar-refractivity contribution in [1.82, 2.24) is 0 Å². The van der Waals surface area contributed by atoms with Gasteiger partial charge in [-0.2, -0.15) is 0 Å². The van der Waals surface area contributed by atoms with Crippen LogP contribution in [0.4, 0.5) is 17.1 Å². The van der Waals surface area contributed by atoms with E-state index in [1.54, 1.807) is 38.1 Å². The van der Waals surface area contributed by atoms with E-state index in [4.69, 9.17) is 9.47 Å². The van der Waals surface area contributed by atoms with Crippen LogP contribution in [0.15, 0.2) is 121 Å². The second-order valence-electron chi connectivity index (χ2n) is 9.66. The van der Waals surface area contributed by atoms with E-state index in [2.05, 4.69) is 73.5 Å². The molecule has 202 valence electrons. The average Bonchev–Trinajstić information content (AvgIpc) is 2.96. The summed E-state index contributed by atoms with van der Waals surface area (Å²) in [6, 6.07) is 31.6. The summed E-state index contributed by atoms with van der Waals surface area (Å²) in [5.41, 5.74) is 6.94. The van der Waals surface area contributed by atoms with Crippen LogP contribution in [-0.4, -0.2) is 11.9 Å². The van der Waals surface area contributed by atoms with Crippen molar-refractivity contribution in [2.75, 3.05) is 4.90 Å². The Balaban J connectivity index is 1.62. The van der Waals surface area contributed by atoms with Gasteiger partial charge in [0.1, 0.15) is 11.5 Å². The lowest BCUT2D eigenvalue weighted by Crippen LogP contribution is -2.11. The van der Waals surface area contributed by atoms with Crippen LogP contribution >= 0.6 is 0 Å². The molecule has 40 heavy (non-hydrogen) atoms. The standard InChI is InChI=1S/C35H33NO4/c1-6-7-26-8-14-29(15-9-26)36(31-18-22-33(23-19-31)40-35(38)25(4)5)30-16-10-27(11-17-30)28-12-20-32(21-13-28)39-34(37)24(2)3/h8-23H,2,4,6-7H2,1,3,5H3. The summed E-state index contributed by atoms with van der Waals surface area (Å²) in [5.74, 6) is 0.0433. The number of aryl methyl sites for hydroxylation is 1. The molecule has 0 heterocycles. The number of hydrogen-bond donors (Lipinski definition) is 0. The van der Waals surface area contributed by atoms with E-state index in [1.165, 1.54) is 5.56 Å². The normalized spacial score (nSPS) is 10.5. The molecule has 0 bridgehead atoms. The average molecular weight is 532 g/mol. The van der Waals surface area contributed by atoms with Gasteiger partial charge in [-0.25, -0.2) is 9.59 Å². The number of rotatable bonds is 10. The van der Waals surface area contributed by atoms with Crippen LogP contribution in [0.25, 0.3) is 11.1 Å². The highest BCUT2D eigenvalue weighted by molar-refractivity contribution is 5.89. The summed E-state index contributed by atoms with van der Waals surface area (Å²) in [4.78, 5) is 25.9. The molecular formula is C35H33NO4. The molecular weight excluding hydrogens is 498 g/mol. The summed E-state index contributed by atoms with van der Waals surface area (Å²) in [5, 5.41) is 0. The smallest absolute Gasteiger partial charge is 0.338 e. The van der Waals surface area contributed by atoms with Crippen LogP contribution in [0.1, 0.15) is 32.8 Å². The molecule has 0 spiro atoms. The van der Waals surface area contributed by atoms with E-state index in [-0.39, 0.29) is 0 Å². The zero-order chi connectivity index (χ0) is 28.6. The van der Waals surface area contributed by atoms with Gasteiger partial charge >= 0.3 is 11.9 Å². The molecule has 4 rings (SSSR count). The van der Waals surface area contributed by atoms with Gasteiger partial charge in [-0.1, -0.05) is 62.9 Å². The molecule has 0 atom stereocenters. The van der Waals surface area contributed by atoms with Crippen molar-refractivity contribution in [3.8, 4) is 22.6 Å². The van der Waals surface area contributed by atoms with Gasteiger partial charge in [-0.3, -0.25) is 0 Å². The Morgan fingerprint density at radius 3 is 1.35 bits per heavy atom. The van der Waals surface area contributed by atoms with Crippen LogP contribution in [0.5, 0.6) is 11.5 Å². The van der Waals surface area contributed by atoms with Crippen LogP contribution in [0.2, 0.25) is 0 Å². The third kappa shape index (κ3) is 6.94. The highest BCUT2D eigenvalue weighted by Gasteiger charge is 2.14. The van der Waals surface area contributed by atoms with Gasteiger partial charge in [0, 0.05) is 28.2 Å². The Morgan fingerprint density at radius 1 is 0.600 bits per heavy atom. The number of ether oxygens (including phenoxy) is 2. The minimum atomic E-state index is -0.450. The quantitative estimate of drug-likeness (QED) is 0.116. The van der Waals surface area contributed by atoms with Crippen LogP contribution in [0.3, 0.4) is 0 Å². The Morgan fingerprint density at radius 2 is 0.950 bits per heavy atom. The first-order valence-electron chi connectivity index (χ1n) is 13.2. The van der Waals surface area contributed by atoms with Gasteiger partial charge in [0.25, 0.3) is 0 Å². The molecule has 4 aromatic rings. The molecule has 0 aromatic heterocycles. The van der Waals surface area contributed by atoms with Gasteiger partial charge in [0.15, 0.2) is 0 Å². The molecule has 5 heteroatoms. The number of esters is 2. The highest BCUT2D eigenvalue weighted by Crippen LogP contribution is 2.36. The molecule has 0 saturated carbocycles. The first kappa shape index (κ1) is 28.1. The highest BCUT2D eigenvalue weighted by atomic mass is 16.5. The van der Waals surface area contributed by atoms with Crippen molar-refractivity contribution in [3.63, 3.8) is 0 Å². The Hall–Kier alpha value is -4.90. The maximum atomic E-state index is 11.9. The van der Waals surface area contributed by atoms with Crippen molar-refractivity contribution >= 4 is 29.0 Å². The first-order valence-corrected chi connectivity index (χ1v) is 13.2. The molecule has 0 aliphatic carbocycles. The van der Waals surface area contributed by atoms with E-state index in [0.29, 0.717) is 22.6 Å². The fourth-order valence-corrected chi connectivity index (χ4v) is 4.12. The molecule has 4 aromatic carbocycles. The minimum absolute atomic E-state index is 0.348. The number of carbonyl (C=O) groups excluding carboxylic acids is 2. The van der Waals surface area contributed by atoms with Crippen LogP contribution < -0.4 is 14.4 Å². The van der Waals surface area contributed by atoms with E-state index >= 15 is 0 Å². The molecule has 0 N–H and O–H groups in total. The number of anilines is 3. The third-order valence-corrected chi connectivity index (χ3v) is 6.26. The lowest BCUT2D eigenvalue weighted by atomic mass is 10.0. The zero-order valence-corrected chi connectivity index (χ0v) is 23.1. The molecule has 0 unspecified atom stereocenters. The number of hydrogen-bond acceptors (Lipinski definition) is 5. The Kier molecular flexibility index (Phi) is 8.97. The van der Waals surface area contributed by atoms with Gasteiger partial charge in [-0.05, 0) is 97.6 Å². The van der Waals surface area contributed by atoms with Gasteiger partial charge in [-0.15, -0.1) is 0 Å². The van der Waals surface area contributed by atoms with E-state index in [0.717, 1.165) is 41.0 Å². The van der Waals surface area contributed by atoms with Gasteiger partial charge < -0.3 is 14.4 Å². The summed E-state index contributed by atoms with van der Waals surface area (Å²) >= 11 is 0. The van der Waals surface area contributed by atoms with Crippen molar-refractivity contribution in [1.29, 1.82) is 0 Å². The second kappa shape index (κ2) is 12.8. The second-order valence-corrected chi connectivity index (χ2v) is 9.66.